The quantitative estimate of drug-likeness (QED) is 0.856. The van der Waals surface area contributed by atoms with Crippen molar-refractivity contribution < 1.29 is 19.7 Å². The van der Waals surface area contributed by atoms with Gasteiger partial charge in [0.15, 0.2) is 6.10 Å². The first-order valence-corrected chi connectivity index (χ1v) is 5.15. The number of rotatable bonds is 5. The SMILES string of the molecule is O=C(O)C(OCCO)c1ccc(Br)cc1. The number of hydrogen-bond donors (Lipinski definition) is 2. The molecule has 0 aliphatic carbocycles. The molecular formula is C10H11BrO4. The molecule has 82 valence electrons. The fourth-order valence-electron chi connectivity index (χ4n) is 1.12. The van der Waals surface area contributed by atoms with Crippen molar-refractivity contribution in [2.75, 3.05) is 13.2 Å². The normalized spacial score (nSPS) is 12.4. The van der Waals surface area contributed by atoms with Crippen molar-refractivity contribution in [3.8, 4) is 0 Å². The van der Waals surface area contributed by atoms with Crippen molar-refractivity contribution in [1.29, 1.82) is 0 Å². The highest BCUT2D eigenvalue weighted by atomic mass is 79.9. The van der Waals surface area contributed by atoms with Gasteiger partial charge in [0, 0.05) is 4.47 Å². The van der Waals surface area contributed by atoms with Gasteiger partial charge in [0.25, 0.3) is 0 Å². The van der Waals surface area contributed by atoms with Crippen LogP contribution in [0.5, 0.6) is 0 Å². The highest BCUT2D eigenvalue weighted by Crippen LogP contribution is 2.20. The molecule has 0 saturated carbocycles. The van der Waals surface area contributed by atoms with Gasteiger partial charge in [-0.25, -0.2) is 4.79 Å². The van der Waals surface area contributed by atoms with Crippen LogP contribution in [0.4, 0.5) is 0 Å². The van der Waals surface area contributed by atoms with Gasteiger partial charge in [-0.05, 0) is 17.7 Å². The maximum Gasteiger partial charge on any atom is 0.337 e. The summed E-state index contributed by atoms with van der Waals surface area (Å²) in [5.74, 6) is -1.06. The van der Waals surface area contributed by atoms with E-state index in [9.17, 15) is 4.79 Å². The molecule has 1 rings (SSSR count). The first-order valence-electron chi connectivity index (χ1n) is 4.36. The van der Waals surface area contributed by atoms with Crippen LogP contribution in [0.25, 0.3) is 0 Å². The van der Waals surface area contributed by atoms with Crippen LogP contribution in [-0.4, -0.2) is 29.4 Å². The van der Waals surface area contributed by atoms with Crippen molar-refractivity contribution in [2.24, 2.45) is 0 Å². The maximum atomic E-state index is 10.9. The summed E-state index contributed by atoms with van der Waals surface area (Å²) in [6.45, 7) is -0.187. The number of carbonyl (C=O) groups is 1. The third-order valence-corrected chi connectivity index (χ3v) is 2.30. The first kappa shape index (κ1) is 12.2. The van der Waals surface area contributed by atoms with E-state index < -0.39 is 12.1 Å². The Morgan fingerprint density at radius 3 is 2.47 bits per heavy atom. The number of carboxylic acid groups (broad SMARTS) is 1. The minimum absolute atomic E-state index is 0.00697. The highest BCUT2D eigenvalue weighted by Gasteiger charge is 2.19. The van der Waals surface area contributed by atoms with Crippen molar-refractivity contribution >= 4 is 21.9 Å². The van der Waals surface area contributed by atoms with Crippen molar-refractivity contribution in [3.63, 3.8) is 0 Å². The van der Waals surface area contributed by atoms with E-state index in [-0.39, 0.29) is 13.2 Å². The molecule has 0 heterocycles. The Morgan fingerprint density at radius 1 is 1.40 bits per heavy atom. The molecule has 5 heteroatoms. The summed E-state index contributed by atoms with van der Waals surface area (Å²) in [5, 5.41) is 17.5. The number of aliphatic hydroxyl groups is 1. The molecule has 1 aromatic rings. The summed E-state index contributed by atoms with van der Waals surface area (Å²) in [5.41, 5.74) is 0.555. The summed E-state index contributed by atoms with van der Waals surface area (Å²) in [6, 6.07) is 6.82. The van der Waals surface area contributed by atoms with Crippen LogP contribution in [0.1, 0.15) is 11.7 Å². The molecule has 4 nitrogen and oxygen atoms in total. The number of hydrogen-bond acceptors (Lipinski definition) is 3. The minimum Gasteiger partial charge on any atom is -0.479 e. The molecule has 0 amide bonds. The Balaban J connectivity index is 2.79. The molecular weight excluding hydrogens is 264 g/mol. The molecule has 2 N–H and O–H groups in total. The lowest BCUT2D eigenvalue weighted by Gasteiger charge is -2.13. The van der Waals surface area contributed by atoms with Gasteiger partial charge < -0.3 is 14.9 Å². The minimum atomic E-state index is -1.06. The molecule has 0 fully saturated rings. The fraction of sp³-hybridized carbons (Fsp3) is 0.300. The van der Waals surface area contributed by atoms with Crippen molar-refractivity contribution in [1.82, 2.24) is 0 Å². The van der Waals surface area contributed by atoms with Crippen LogP contribution in [0.15, 0.2) is 28.7 Å². The molecule has 0 aliphatic heterocycles. The molecule has 0 radical (unpaired) electrons. The number of ether oxygens (including phenoxy) is 1. The van der Waals surface area contributed by atoms with Gasteiger partial charge in [-0.15, -0.1) is 0 Å². The van der Waals surface area contributed by atoms with E-state index in [1.54, 1.807) is 24.3 Å². The Bertz CT molecular complexity index is 323. The second kappa shape index (κ2) is 5.85. The molecule has 1 aromatic carbocycles. The van der Waals surface area contributed by atoms with E-state index in [0.29, 0.717) is 5.56 Å². The summed E-state index contributed by atoms with van der Waals surface area (Å²) >= 11 is 3.26. The van der Waals surface area contributed by atoms with Gasteiger partial charge in [-0.1, -0.05) is 28.1 Å². The van der Waals surface area contributed by atoms with Crippen molar-refractivity contribution in [3.05, 3.63) is 34.3 Å². The molecule has 1 atom stereocenters. The molecule has 0 saturated heterocycles. The summed E-state index contributed by atoms with van der Waals surface area (Å²) < 4.78 is 5.89. The Kier molecular flexibility index (Phi) is 4.74. The molecule has 0 spiro atoms. The zero-order chi connectivity index (χ0) is 11.3. The van der Waals surface area contributed by atoms with E-state index in [1.165, 1.54) is 0 Å². The van der Waals surface area contributed by atoms with Crippen LogP contribution in [0, 0.1) is 0 Å². The van der Waals surface area contributed by atoms with Crippen molar-refractivity contribution in [2.45, 2.75) is 6.10 Å². The number of aliphatic hydroxyl groups excluding tert-OH is 1. The topological polar surface area (TPSA) is 66.8 Å². The van der Waals surface area contributed by atoms with Crippen LogP contribution in [-0.2, 0) is 9.53 Å². The first-order chi connectivity index (χ1) is 7.15. The van der Waals surface area contributed by atoms with E-state index in [2.05, 4.69) is 15.9 Å². The Labute approximate surface area is 95.6 Å². The number of benzene rings is 1. The maximum absolute atomic E-state index is 10.9. The van der Waals surface area contributed by atoms with Crippen LogP contribution in [0.3, 0.4) is 0 Å². The summed E-state index contributed by atoms with van der Waals surface area (Å²) in [7, 11) is 0. The third kappa shape index (κ3) is 3.62. The molecule has 0 aromatic heterocycles. The predicted molar refractivity (Wildman–Crippen MR) is 57.6 cm³/mol. The van der Waals surface area contributed by atoms with Gasteiger partial charge in [0.05, 0.1) is 13.2 Å². The average molecular weight is 275 g/mol. The second-order valence-electron chi connectivity index (χ2n) is 2.86. The van der Waals surface area contributed by atoms with E-state index in [0.717, 1.165) is 4.47 Å². The Hall–Kier alpha value is -0.910. The monoisotopic (exact) mass is 274 g/mol. The lowest BCUT2D eigenvalue weighted by Crippen LogP contribution is -2.17. The number of halogens is 1. The van der Waals surface area contributed by atoms with Gasteiger partial charge in [-0.3, -0.25) is 0 Å². The molecule has 15 heavy (non-hydrogen) atoms. The van der Waals surface area contributed by atoms with Gasteiger partial charge in [-0.2, -0.15) is 0 Å². The van der Waals surface area contributed by atoms with Gasteiger partial charge in [0.2, 0.25) is 0 Å². The van der Waals surface area contributed by atoms with Gasteiger partial charge in [0.1, 0.15) is 0 Å². The second-order valence-corrected chi connectivity index (χ2v) is 3.78. The lowest BCUT2D eigenvalue weighted by atomic mass is 10.1. The molecule has 1 unspecified atom stereocenters. The lowest BCUT2D eigenvalue weighted by molar-refractivity contribution is -0.151. The van der Waals surface area contributed by atoms with E-state index >= 15 is 0 Å². The zero-order valence-electron chi connectivity index (χ0n) is 7.89. The predicted octanol–water partition coefficient (Wildman–Crippen LogP) is 1.58. The van der Waals surface area contributed by atoms with Crippen LogP contribution >= 0.6 is 15.9 Å². The number of carboxylic acids is 1. The van der Waals surface area contributed by atoms with Crippen LogP contribution in [0.2, 0.25) is 0 Å². The van der Waals surface area contributed by atoms with E-state index in [4.69, 9.17) is 14.9 Å². The number of aliphatic carboxylic acids is 1. The average Bonchev–Trinajstić information content (AvgIpc) is 2.21. The fourth-order valence-corrected chi connectivity index (χ4v) is 1.38. The van der Waals surface area contributed by atoms with Crippen LogP contribution < -0.4 is 0 Å². The largest absolute Gasteiger partial charge is 0.479 e. The summed E-state index contributed by atoms with van der Waals surface area (Å²) in [6.07, 6.45) is -1.02. The molecule has 0 bridgehead atoms. The highest BCUT2D eigenvalue weighted by molar-refractivity contribution is 9.10. The smallest absolute Gasteiger partial charge is 0.337 e. The zero-order valence-corrected chi connectivity index (χ0v) is 9.48. The summed E-state index contributed by atoms with van der Waals surface area (Å²) in [4.78, 5) is 10.9. The standard InChI is InChI=1S/C10H11BrO4/c11-8-3-1-7(2-4-8)9(10(13)14)15-6-5-12/h1-4,9,12H,5-6H2,(H,13,14). The van der Waals surface area contributed by atoms with E-state index in [1.807, 2.05) is 0 Å². The van der Waals surface area contributed by atoms with Gasteiger partial charge >= 0.3 is 5.97 Å². The Morgan fingerprint density at radius 2 is 2.00 bits per heavy atom. The molecule has 0 aliphatic rings. The third-order valence-electron chi connectivity index (χ3n) is 1.77.